The highest BCUT2D eigenvalue weighted by molar-refractivity contribution is 5.28. The Morgan fingerprint density at radius 3 is 3.20 bits per heavy atom. The van der Waals surface area contributed by atoms with Crippen molar-refractivity contribution in [2.45, 2.75) is 19.8 Å². The maximum atomic E-state index is 3.56. The molecule has 2 fully saturated rings. The van der Waals surface area contributed by atoms with Gasteiger partial charge in [0, 0.05) is 31.2 Å². The molecule has 2 unspecified atom stereocenters. The van der Waals surface area contributed by atoms with Crippen molar-refractivity contribution in [3.63, 3.8) is 0 Å². The first-order chi connectivity index (χ1) is 7.36. The third-order valence-corrected chi connectivity index (χ3v) is 4.04. The van der Waals surface area contributed by atoms with Crippen LogP contribution in [0.25, 0.3) is 0 Å². The van der Waals surface area contributed by atoms with E-state index in [2.05, 4.69) is 29.3 Å². The van der Waals surface area contributed by atoms with E-state index in [4.69, 9.17) is 0 Å². The zero-order valence-corrected chi connectivity index (χ0v) is 9.50. The molecule has 0 amide bonds. The number of nitrogens with zero attached hydrogens (tertiary/aromatic N) is 1. The minimum Gasteiger partial charge on any atom is -0.370 e. The number of nitrogens with one attached hydrogen (secondary N) is 1. The lowest BCUT2D eigenvalue weighted by atomic mass is 9.81. The first-order valence-electron chi connectivity index (χ1n) is 6.22. The predicted molar refractivity (Wildman–Crippen MR) is 62.5 cm³/mol. The minimum absolute atomic E-state index is 0.784. The Labute approximate surface area is 92.0 Å². The third-order valence-electron chi connectivity index (χ3n) is 4.04. The van der Waals surface area contributed by atoms with Crippen LogP contribution in [0.2, 0.25) is 0 Å². The zero-order chi connectivity index (χ0) is 10.3. The van der Waals surface area contributed by atoms with Gasteiger partial charge in [-0.1, -0.05) is 18.6 Å². The van der Waals surface area contributed by atoms with E-state index in [1.165, 1.54) is 39.0 Å². The number of fused-ring (bicyclic) bond motifs is 4. The van der Waals surface area contributed by atoms with Crippen LogP contribution in [0, 0.1) is 11.8 Å². The summed E-state index contributed by atoms with van der Waals surface area (Å²) in [5.41, 5.74) is 3.18. The van der Waals surface area contributed by atoms with Gasteiger partial charge in [-0.3, -0.25) is 0 Å². The van der Waals surface area contributed by atoms with Gasteiger partial charge in [-0.05, 0) is 31.4 Å². The molecule has 3 aliphatic rings. The molecule has 0 aliphatic carbocycles. The molecule has 2 bridgehead atoms. The quantitative estimate of drug-likeness (QED) is 0.700. The van der Waals surface area contributed by atoms with Crippen molar-refractivity contribution in [2.24, 2.45) is 11.8 Å². The predicted octanol–water partition coefficient (Wildman–Crippen LogP) is 1.76. The highest BCUT2D eigenvalue weighted by atomic mass is 15.2. The molecule has 0 saturated carbocycles. The Hall–Kier alpha value is -0.760. The lowest BCUT2D eigenvalue weighted by Crippen LogP contribution is -2.50. The monoisotopic (exact) mass is 204 g/mol. The Morgan fingerprint density at radius 1 is 1.40 bits per heavy atom. The molecule has 3 aliphatic heterocycles. The van der Waals surface area contributed by atoms with Crippen LogP contribution in [0.1, 0.15) is 19.8 Å². The topological polar surface area (TPSA) is 15.3 Å². The van der Waals surface area contributed by atoms with Gasteiger partial charge in [-0.15, -0.1) is 0 Å². The third kappa shape index (κ3) is 1.61. The number of piperidine rings is 2. The summed E-state index contributed by atoms with van der Waals surface area (Å²) in [6, 6.07) is 0. The molecule has 3 rings (SSSR count). The van der Waals surface area contributed by atoms with E-state index in [0.29, 0.717) is 0 Å². The molecule has 2 atom stereocenters. The van der Waals surface area contributed by atoms with E-state index in [9.17, 15) is 0 Å². The molecular formula is C13H20N2. The van der Waals surface area contributed by atoms with E-state index in [1.54, 1.807) is 11.3 Å². The number of hydrogen-bond acceptors (Lipinski definition) is 2. The van der Waals surface area contributed by atoms with Gasteiger partial charge in [0.25, 0.3) is 0 Å². The second kappa shape index (κ2) is 3.67. The molecule has 0 aromatic carbocycles. The molecule has 2 heteroatoms. The molecule has 0 aromatic heterocycles. The van der Waals surface area contributed by atoms with Crippen LogP contribution in [0.4, 0.5) is 0 Å². The van der Waals surface area contributed by atoms with Crippen molar-refractivity contribution >= 4 is 0 Å². The van der Waals surface area contributed by atoms with Gasteiger partial charge in [0.1, 0.15) is 0 Å². The van der Waals surface area contributed by atoms with Crippen LogP contribution in [0.5, 0.6) is 0 Å². The van der Waals surface area contributed by atoms with E-state index in [1.807, 2.05) is 0 Å². The molecule has 3 heterocycles. The Morgan fingerprint density at radius 2 is 2.33 bits per heavy atom. The van der Waals surface area contributed by atoms with E-state index < -0.39 is 0 Å². The average Bonchev–Trinajstić information content (AvgIpc) is 2.28. The Bertz CT molecular complexity index is 316. The van der Waals surface area contributed by atoms with Crippen LogP contribution in [-0.2, 0) is 0 Å². The first-order valence-corrected chi connectivity index (χ1v) is 6.22. The van der Waals surface area contributed by atoms with Crippen molar-refractivity contribution in [1.82, 2.24) is 10.2 Å². The standard InChI is InChI=1S/C13H20N2/c1-2-10-3-4-13-12-5-11(6-14-7-12)9-15(13)8-10/h3-4,11-12,14H,2,5-9H2,1H3. The second-order valence-electron chi connectivity index (χ2n) is 5.11. The average molecular weight is 204 g/mol. The fraction of sp³-hybridized carbons (Fsp3) is 0.692. The lowest BCUT2D eigenvalue weighted by molar-refractivity contribution is 0.153. The lowest BCUT2D eigenvalue weighted by Gasteiger charge is -2.46. The minimum atomic E-state index is 0.784. The number of allylic oxidation sites excluding steroid dienone is 2. The molecular weight excluding hydrogens is 184 g/mol. The largest absolute Gasteiger partial charge is 0.370 e. The summed E-state index contributed by atoms with van der Waals surface area (Å²) >= 11 is 0. The van der Waals surface area contributed by atoms with E-state index in [0.717, 1.165) is 11.8 Å². The van der Waals surface area contributed by atoms with Crippen LogP contribution >= 0.6 is 0 Å². The second-order valence-corrected chi connectivity index (χ2v) is 5.11. The fourth-order valence-electron chi connectivity index (χ4n) is 3.20. The summed E-state index contributed by atoms with van der Waals surface area (Å²) in [7, 11) is 0. The summed E-state index contributed by atoms with van der Waals surface area (Å²) in [4.78, 5) is 2.62. The number of rotatable bonds is 1. The molecule has 0 radical (unpaired) electrons. The van der Waals surface area contributed by atoms with Crippen molar-refractivity contribution in [2.75, 3.05) is 26.2 Å². The first kappa shape index (κ1) is 9.46. The smallest absolute Gasteiger partial charge is 0.0389 e. The molecule has 0 aromatic rings. The molecule has 15 heavy (non-hydrogen) atoms. The summed E-state index contributed by atoms with van der Waals surface area (Å²) < 4.78 is 0. The summed E-state index contributed by atoms with van der Waals surface area (Å²) in [5, 5.41) is 3.56. The highest BCUT2D eigenvalue weighted by Crippen LogP contribution is 2.35. The van der Waals surface area contributed by atoms with Crippen LogP contribution in [-0.4, -0.2) is 31.1 Å². The molecule has 1 N–H and O–H groups in total. The summed E-state index contributed by atoms with van der Waals surface area (Å²) in [5.74, 6) is 1.67. The van der Waals surface area contributed by atoms with E-state index >= 15 is 0 Å². The molecule has 0 spiro atoms. The van der Waals surface area contributed by atoms with Gasteiger partial charge in [-0.25, -0.2) is 0 Å². The maximum Gasteiger partial charge on any atom is 0.0389 e. The molecule has 2 saturated heterocycles. The van der Waals surface area contributed by atoms with Crippen molar-refractivity contribution in [3.05, 3.63) is 23.4 Å². The Balaban J connectivity index is 1.86. The maximum absolute atomic E-state index is 3.56. The fourth-order valence-corrected chi connectivity index (χ4v) is 3.20. The molecule has 82 valence electrons. The van der Waals surface area contributed by atoms with Crippen LogP contribution < -0.4 is 5.32 Å². The summed E-state index contributed by atoms with van der Waals surface area (Å²) in [6.45, 7) is 7.14. The van der Waals surface area contributed by atoms with Crippen LogP contribution in [0.15, 0.2) is 23.4 Å². The van der Waals surface area contributed by atoms with Gasteiger partial charge in [0.15, 0.2) is 0 Å². The summed E-state index contributed by atoms with van der Waals surface area (Å²) in [6.07, 6.45) is 7.33. The van der Waals surface area contributed by atoms with Gasteiger partial charge < -0.3 is 10.2 Å². The van der Waals surface area contributed by atoms with Gasteiger partial charge >= 0.3 is 0 Å². The Kier molecular flexibility index (Phi) is 2.32. The SMILES string of the molecule is CCC1=CC=C2C3CNCC(C3)CN2C1. The number of hydrogen-bond donors (Lipinski definition) is 1. The van der Waals surface area contributed by atoms with Gasteiger partial charge in [0.2, 0.25) is 0 Å². The van der Waals surface area contributed by atoms with Crippen molar-refractivity contribution in [1.29, 1.82) is 0 Å². The van der Waals surface area contributed by atoms with Crippen molar-refractivity contribution < 1.29 is 0 Å². The van der Waals surface area contributed by atoms with E-state index in [-0.39, 0.29) is 0 Å². The normalized spacial score (nSPS) is 34.3. The van der Waals surface area contributed by atoms with Crippen LogP contribution in [0.3, 0.4) is 0 Å². The zero-order valence-electron chi connectivity index (χ0n) is 9.50. The van der Waals surface area contributed by atoms with Gasteiger partial charge in [-0.2, -0.15) is 0 Å². The highest BCUT2D eigenvalue weighted by Gasteiger charge is 2.34. The van der Waals surface area contributed by atoms with Gasteiger partial charge in [0.05, 0.1) is 0 Å². The van der Waals surface area contributed by atoms with Crippen molar-refractivity contribution in [3.8, 4) is 0 Å². The molecule has 2 nitrogen and oxygen atoms in total.